The first kappa shape index (κ1) is 19.3. The summed E-state index contributed by atoms with van der Waals surface area (Å²) in [4.78, 5) is 2.61. The Morgan fingerprint density at radius 1 is 1.04 bits per heavy atom. The van der Waals surface area contributed by atoms with Crippen LogP contribution in [0.25, 0.3) is 0 Å². The maximum absolute atomic E-state index is 6.02. The Bertz CT molecular complexity index is 459. The van der Waals surface area contributed by atoms with E-state index in [0.29, 0.717) is 0 Å². The molecule has 136 valence electrons. The molecule has 0 amide bonds. The van der Waals surface area contributed by atoms with Crippen LogP contribution in [0.4, 0.5) is 0 Å². The average Bonchev–Trinajstić information content (AvgIpc) is 2.60. The second kappa shape index (κ2) is 9.46. The van der Waals surface area contributed by atoms with Gasteiger partial charge in [0, 0.05) is 12.6 Å². The van der Waals surface area contributed by atoms with Crippen LogP contribution in [0.3, 0.4) is 0 Å². The van der Waals surface area contributed by atoms with Gasteiger partial charge in [-0.15, -0.1) is 0 Å². The fourth-order valence-corrected chi connectivity index (χ4v) is 4.10. The minimum absolute atomic E-state index is 0.257. The van der Waals surface area contributed by atoms with Crippen LogP contribution in [0, 0.1) is 0 Å². The topological polar surface area (TPSA) is 12.5 Å². The molecule has 1 aliphatic carbocycles. The van der Waals surface area contributed by atoms with E-state index in [2.05, 4.69) is 56.9 Å². The first-order valence-electron chi connectivity index (χ1n) is 10.0. The summed E-state index contributed by atoms with van der Waals surface area (Å²) in [6, 6.07) is 9.55. The fraction of sp³-hybridized carbons (Fsp3) is 0.727. The highest BCUT2D eigenvalue weighted by molar-refractivity contribution is 5.31. The van der Waals surface area contributed by atoms with E-state index in [4.69, 9.17) is 4.74 Å². The smallest absolute Gasteiger partial charge is 0.119 e. The molecule has 0 unspecified atom stereocenters. The molecular formula is C22H37NO. The van der Waals surface area contributed by atoms with Crippen LogP contribution in [0.15, 0.2) is 24.3 Å². The molecule has 24 heavy (non-hydrogen) atoms. The summed E-state index contributed by atoms with van der Waals surface area (Å²) in [7, 11) is 0. The zero-order chi connectivity index (χ0) is 17.4. The van der Waals surface area contributed by atoms with Gasteiger partial charge in [0.05, 0.1) is 0 Å². The Kier molecular flexibility index (Phi) is 7.61. The van der Waals surface area contributed by atoms with Crippen molar-refractivity contribution in [3.63, 3.8) is 0 Å². The average molecular weight is 332 g/mol. The molecule has 0 spiro atoms. The van der Waals surface area contributed by atoms with Crippen molar-refractivity contribution in [1.29, 1.82) is 0 Å². The van der Waals surface area contributed by atoms with Gasteiger partial charge >= 0.3 is 0 Å². The molecule has 2 nitrogen and oxygen atoms in total. The molecule has 0 N–H and O–H groups in total. The lowest BCUT2D eigenvalue weighted by atomic mass is 9.81. The van der Waals surface area contributed by atoms with Gasteiger partial charge in [-0.05, 0) is 48.9 Å². The molecule has 0 aliphatic heterocycles. The minimum atomic E-state index is 0.257. The summed E-state index contributed by atoms with van der Waals surface area (Å²) in [6.45, 7) is 12.2. The maximum Gasteiger partial charge on any atom is 0.119 e. The van der Waals surface area contributed by atoms with E-state index < -0.39 is 0 Å². The summed E-state index contributed by atoms with van der Waals surface area (Å²) in [5.41, 5.74) is 1.67. The highest BCUT2D eigenvalue weighted by atomic mass is 16.5. The Balaban J connectivity index is 1.81. The van der Waals surface area contributed by atoms with Crippen LogP contribution in [0.2, 0.25) is 0 Å². The fourth-order valence-electron chi connectivity index (χ4n) is 4.10. The van der Waals surface area contributed by atoms with Crippen molar-refractivity contribution in [3.05, 3.63) is 29.8 Å². The quantitative estimate of drug-likeness (QED) is 0.567. The zero-order valence-electron chi connectivity index (χ0n) is 16.3. The number of likely N-dealkylation sites (N-methyl/N-ethyl adjacent to an activating group) is 1. The van der Waals surface area contributed by atoms with Gasteiger partial charge in [0.25, 0.3) is 0 Å². The monoisotopic (exact) mass is 331 g/mol. The van der Waals surface area contributed by atoms with Crippen LogP contribution in [-0.4, -0.2) is 30.6 Å². The molecule has 0 atom stereocenters. The number of rotatable bonds is 9. The van der Waals surface area contributed by atoms with Gasteiger partial charge < -0.3 is 4.74 Å². The Hall–Kier alpha value is -1.02. The van der Waals surface area contributed by atoms with E-state index in [0.717, 1.165) is 31.5 Å². The molecule has 1 aromatic carbocycles. The number of ether oxygens (including phenoxy) is 1. The van der Waals surface area contributed by atoms with Crippen LogP contribution in [0.1, 0.15) is 78.2 Å². The van der Waals surface area contributed by atoms with Gasteiger partial charge in [-0.25, -0.2) is 0 Å². The van der Waals surface area contributed by atoms with Gasteiger partial charge in [0.15, 0.2) is 0 Å². The predicted octanol–water partition coefficient (Wildman–Crippen LogP) is 5.80. The SMILES string of the molecule is CCCC(C)(C)c1ccc(OCCN(CC)C2CCCCC2)cc1. The van der Waals surface area contributed by atoms with Crippen molar-refractivity contribution in [2.75, 3.05) is 19.7 Å². The number of nitrogens with zero attached hydrogens (tertiary/aromatic N) is 1. The van der Waals surface area contributed by atoms with Gasteiger partial charge in [-0.2, -0.15) is 0 Å². The molecule has 0 heterocycles. The molecular weight excluding hydrogens is 294 g/mol. The summed E-state index contributed by atoms with van der Waals surface area (Å²) in [5, 5.41) is 0. The molecule has 1 aromatic rings. The largest absolute Gasteiger partial charge is 0.492 e. The van der Waals surface area contributed by atoms with E-state index in [1.165, 1.54) is 50.5 Å². The molecule has 0 radical (unpaired) electrons. The lowest BCUT2D eigenvalue weighted by molar-refractivity contribution is 0.137. The number of benzene rings is 1. The number of hydrogen-bond acceptors (Lipinski definition) is 2. The molecule has 2 rings (SSSR count). The Morgan fingerprint density at radius 3 is 2.29 bits per heavy atom. The van der Waals surface area contributed by atoms with Crippen molar-refractivity contribution in [3.8, 4) is 5.75 Å². The Morgan fingerprint density at radius 2 is 1.71 bits per heavy atom. The summed E-state index contributed by atoms with van der Waals surface area (Å²) in [6.07, 6.45) is 9.41. The van der Waals surface area contributed by atoms with Crippen LogP contribution in [0.5, 0.6) is 5.75 Å². The number of hydrogen-bond donors (Lipinski definition) is 0. The van der Waals surface area contributed by atoms with Gasteiger partial charge in [0.1, 0.15) is 12.4 Å². The lowest BCUT2D eigenvalue weighted by Gasteiger charge is -2.33. The normalized spacial score (nSPS) is 16.5. The molecule has 1 fully saturated rings. The van der Waals surface area contributed by atoms with Crippen molar-refractivity contribution in [2.45, 2.75) is 84.1 Å². The summed E-state index contributed by atoms with van der Waals surface area (Å²) >= 11 is 0. The molecule has 0 bridgehead atoms. The first-order chi connectivity index (χ1) is 11.6. The highest BCUT2D eigenvalue weighted by Crippen LogP contribution is 2.29. The molecule has 0 aromatic heterocycles. The molecule has 1 aliphatic rings. The molecule has 0 saturated heterocycles. The molecule has 2 heteroatoms. The minimum Gasteiger partial charge on any atom is -0.492 e. The second-order valence-electron chi connectivity index (χ2n) is 7.93. The van der Waals surface area contributed by atoms with Crippen LogP contribution in [-0.2, 0) is 5.41 Å². The van der Waals surface area contributed by atoms with Crippen molar-refractivity contribution >= 4 is 0 Å². The van der Waals surface area contributed by atoms with Crippen molar-refractivity contribution in [2.24, 2.45) is 0 Å². The second-order valence-corrected chi connectivity index (χ2v) is 7.93. The van der Waals surface area contributed by atoms with Crippen molar-refractivity contribution < 1.29 is 4.74 Å². The van der Waals surface area contributed by atoms with Gasteiger partial charge in [-0.3, -0.25) is 4.90 Å². The highest BCUT2D eigenvalue weighted by Gasteiger charge is 2.20. The third kappa shape index (κ3) is 5.51. The van der Waals surface area contributed by atoms with Gasteiger partial charge in [-0.1, -0.05) is 65.5 Å². The van der Waals surface area contributed by atoms with Crippen LogP contribution < -0.4 is 4.74 Å². The van der Waals surface area contributed by atoms with Gasteiger partial charge in [0.2, 0.25) is 0 Å². The first-order valence-corrected chi connectivity index (χ1v) is 10.0. The lowest BCUT2D eigenvalue weighted by Crippen LogP contribution is -2.39. The standard InChI is InChI=1S/C22H37NO/c1-5-16-22(3,4)19-12-14-21(15-13-19)24-18-17-23(6-2)20-10-8-7-9-11-20/h12-15,20H,5-11,16-18H2,1-4H3. The molecule has 1 saturated carbocycles. The summed E-state index contributed by atoms with van der Waals surface area (Å²) in [5.74, 6) is 1.01. The van der Waals surface area contributed by atoms with E-state index in [1.54, 1.807) is 0 Å². The van der Waals surface area contributed by atoms with Crippen molar-refractivity contribution in [1.82, 2.24) is 4.90 Å². The van der Waals surface area contributed by atoms with Crippen LogP contribution >= 0.6 is 0 Å². The summed E-state index contributed by atoms with van der Waals surface area (Å²) < 4.78 is 6.02. The Labute approximate surface area is 149 Å². The van der Waals surface area contributed by atoms with E-state index >= 15 is 0 Å². The maximum atomic E-state index is 6.02. The third-order valence-electron chi connectivity index (χ3n) is 5.66. The van der Waals surface area contributed by atoms with E-state index in [1.807, 2.05) is 0 Å². The predicted molar refractivity (Wildman–Crippen MR) is 104 cm³/mol. The van der Waals surface area contributed by atoms with E-state index in [-0.39, 0.29) is 5.41 Å². The van der Waals surface area contributed by atoms with E-state index in [9.17, 15) is 0 Å². The zero-order valence-corrected chi connectivity index (χ0v) is 16.3. The third-order valence-corrected chi connectivity index (χ3v) is 5.66.